The molecule has 3 N–H and O–H groups in total. The quantitative estimate of drug-likeness (QED) is 0.305. The van der Waals surface area contributed by atoms with E-state index < -0.39 is 68.3 Å². The number of carbonyl (C=O) groups excluding carboxylic acids is 1. The molecule has 1 fully saturated rings. The number of aryl methyl sites for hydroxylation is 1. The number of halogens is 1. The van der Waals surface area contributed by atoms with Crippen molar-refractivity contribution in [3.8, 4) is 5.75 Å². The number of nitrogens with zero attached hydrogens (tertiary/aromatic N) is 1. The van der Waals surface area contributed by atoms with Crippen molar-refractivity contribution in [1.82, 2.24) is 14.6 Å². The van der Waals surface area contributed by atoms with Crippen LogP contribution in [0.15, 0.2) is 46.1 Å². The van der Waals surface area contributed by atoms with Gasteiger partial charge in [0.2, 0.25) is 0 Å². The molecule has 14 heteroatoms. The number of carbonyl (C=O) groups is 1. The number of para-hydroxylation sites is 1. The topological polar surface area (TPSA) is 158 Å². The number of aromatic amines is 1. The van der Waals surface area contributed by atoms with E-state index in [2.05, 4.69) is 5.09 Å². The molecule has 1 saturated heterocycles. The maximum absolute atomic E-state index is 14.9. The lowest BCUT2D eigenvalue weighted by Gasteiger charge is -2.25. The Kier molecular flexibility index (Phi) is 8.85. The van der Waals surface area contributed by atoms with Crippen LogP contribution < -0.4 is 20.9 Å². The molecule has 1 aliphatic heterocycles. The number of H-pyrrole nitrogens is 1. The molecule has 6 atom stereocenters. The maximum atomic E-state index is 14.9. The van der Waals surface area contributed by atoms with Gasteiger partial charge in [-0.2, -0.15) is 5.09 Å². The predicted molar refractivity (Wildman–Crippen MR) is 125 cm³/mol. The second-order valence-electron chi connectivity index (χ2n) is 8.51. The Balaban J connectivity index is 1.77. The number of benzene rings is 1. The van der Waals surface area contributed by atoms with Gasteiger partial charge in [-0.3, -0.25) is 23.7 Å². The fraction of sp³-hybridized carbons (Fsp3) is 0.500. The Bertz CT molecular complexity index is 1220. The second-order valence-corrected chi connectivity index (χ2v) is 10.2. The predicted octanol–water partition coefficient (Wildman–Crippen LogP) is 1.57. The average molecular weight is 529 g/mol. The van der Waals surface area contributed by atoms with Crippen LogP contribution in [0.25, 0.3) is 0 Å². The standard InChI is InChI=1S/C22H29FN3O9P/c1-12(2)33-21(29)14(4)25-36(31,35-15-8-6-5-7-9-15)32-11-16-18(27)17(23)20(34-16)26-10-13(3)19(28)24-22(26)30/h5-10,12,14,16-18,20,27H,11H2,1-4H3,(H,25,31)(H,24,28,30)/t14-,16-,17?,18?,20-,36?/m0/s1. The van der Waals surface area contributed by atoms with Crippen LogP contribution in [0.2, 0.25) is 0 Å². The van der Waals surface area contributed by atoms with Gasteiger partial charge >= 0.3 is 19.4 Å². The van der Waals surface area contributed by atoms with Crippen LogP contribution in [0.3, 0.4) is 0 Å². The van der Waals surface area contributed by atoms with Crippen LogP contribution >= 0.6 is 7.75 Å². The minimum absolute atomic E-state index is 0.131. The first-order valence-corrected chi connectivity index (χ1v) is 12.7. The molecular weight excluding hydrogens is 500 g/mol. The summed E-state index contributed by atoms with van der Waals surface area (Å²) in [6.07, 6.45) is -6.07. The molecule has 12 nitrogen and oxygen atoms in total. The highest BCUT2D eigenvalue weighted by molar-refractivity contribution is 7.52. The average Bonchev–Trinajstić information content (AvgIpc) is 3.08. The Labute approximate surface area is 205 Å². The van der Waals surface area contributed by atoms with Crippen molar-refractivity contribution in [2.45, 2.75) is 64.4 Å². The van der Waals surface area contributed by atoms with E-state index in [-0.39, 0.29) is 11.3 Å². The van der Waals surface area contributed by atoms with E-state index in [0.717, 1.165) is 10.8 Å². The summed E-state index contributed by atoms with van der Waals surface area (Å²) < 4.78 is 50.7. The van der Waals surface area contributed by atoms with Crippen molar-refractivity contribution >= 4 is 13.7 Å². The monoisotopic (exact) mass is 529 g/mol. The molecule has 1 aliphatic rings. The number of nitrogens with one attached hydrogen (secondary N) is 2. The van der Waals surface area contributed by atoms with Crippen molar-refractivity contribution in [2.24, 2.45) is 0 Å². The molecule has 36 heavy (non-hydrogen) atoms. The summed E-state index contributed by atoms with van der Waals surface area (Å²) in [5.41, 5.74) is -1.43. The summed E-state index contributed by atoms with van der Waals surface area (Å²) >= 11 is 0. The molecule has 1 aromatic heterocycles. The molecule has 3 rings (SSSR count). The lowest BCUT2D eigenvalue weighted by Crippen LogP contribution is -2.37. The Morgan fingerprint density at radius 3 is 2.58 bits per heavy atom. The second kappa shape index (κ2) is 11.5. The van der Waals surface area contributed by atoms with Gasteiger partial charge in [-0.05, 0) is 39.8 Å². The van der Waals surface area contributed by atoms with Crippen LogP contribution in [-0.4, -0.2) is 57.8 Å². The molecule has 0 aliphatic carbocycles. The van der Waals surface area contributed by atoms with Gasteiger partial charge in [0.05, 0.1) is 12.7 Å². The van der Waals surface area contributed by atoms with E-state index in [1.165, 1.54) is 26.0 Å². The van der Waals surface area contributed by atoms with Crippen LogP contribution in [0.4, 0.5) is 4.39 Å². The van der Waals surface area contributed by atoms with Gasteiger partial charge in [-0.1, -0.05) is 18.2 Å². The highest BCUT2D eigenvalue weighted by Gasteiger charge is 2.47. The fourth-order valence-electron chi connectivity index (χ4n) is 3.35. The summed E-state index contributed by atoms with van der Waals surface area (Å²) in [5, 5.41) is 12.8. The van der Waals surface area contributed by atoms with E-state index in [4.69, 9.17) is 18.5 Å². The van der Waals surface area contributed by atoms with Crippen molar-refractivity contribution < 1.29 is 37.4 Å². The number of aliphatic hydroxyl groups is 1. The molecule has 2 heterocycles. The third-order valence-corrected chi connectivity index (χ3v) is 6.79. The molecule has 0 spiro atoms. The molecule has 3 unspecified atom stereocenters. The largest absolute Gasteiger partial charge is 0.462 e. The van der Waals surface area contributed by atoms with Gasteiger partial charge in [-0.25, -0.2) is 13.8 Å². The smallest absolute Gasteiger partial charge is 0.459 e. The third-order valence-electron chi connectivity index (χ3n) is 5.15. The maximum Gasteiger partial charge on any atom is 0.459 e. The van der Waals surface area contributed by atoms with E-state index >= 15 is 0 Å². The van der Waals surface area contributed by atoms with E-state index in [0.29, 0.717) is 0 Å². The molecule has 2 aromatic rings. The summed E-state index contributed by atoms with van der Waals surface area (Å²) in [6, 6.07) is 6.87. The Morgan fingerprint density at radius 1 is 1.28 bits per heavy atom. The number of hydrogen-bond acceptors (Lipinski definition) is 9. The zero-order chi connectivity index (χ0) is 26.6. The van der Waals surface area contributed by atoms with Gasteiger partial charge in [0.25, 0.3) is 5.56 Å². The summed E-state index contributed by atoms with van der Waals surface area (Å²) in [7, 11) is -4.29. The van der Waals surface area contributed by atoms with Crippen LogP contribution in [0.5, 0.6) is 5.75 Å². The summed E-state index contributed by atoms with van der Waals surface area (Å²) in [5.74, 6) is -0.554. The Morgan fingerprint density at radius 2 is 1.94 bits per heavy atom. The first-order chi connectivity index (χ1) is 16.9. The SMILES string of the molecule is Cc1cn([C@H]2O[C@@H](COP(=O)(N[C@@H](C)C(=O)OC(C)C)Oc3ccccc3)C(O)C2F)c(=O)[nH]c1=O. The lowest BCUT2D eigenvalue weighted by atomic mass is 10.1. The highest BCUT2D eigenvalue weighted by Crippen LogP contribution is 2.46. The first kappa shape index (κ1) is 27.8. The number of esters is 1. The first-order valence-electron chi connectivity index (χ1n) is 11.2. The molecule has 0 radical (unpaired) electrons. The number of ether oxygens (including phenoxy) is 2. The Hall–Kier alpha value is -2.83. The van der Waals surface area contributed by atoms with E-state index in [9.17, 15) is 28.4 Å². The molecule has 0 saturated carbocycles. The van der Waals surface area contributed by atoms with Crippen molar-refractivity contribution in [3.63, 3.8) is 0 Å². The van der Waals surface area contributed by atoms with Gasteiger partial charge in [0.15, 0.2) is 12.4 Å². The number of rotatable bonds is 10. The molecule has 0 amide bonds. The lowest BCUT2D eigenvalue weighted by molar-refractivity contribution is -0.149. The minimum atomic E-state index is -4.29. The van der Waals surface area contributed by atoms with E-state index in [1.54, 1.807) is 32.0 Å². The minimum Gasteiger partial charge on any atom is -0.462 e. The molecular formula is C22H29FN3O9P. The van der Waals surface area contributed by atoms with Crippen LogP contribution in [-0.2, 0) is 23.4 Å². The molecule has 0 bridgehead atoms. The van der Waals surface area contributed by atoms with Crippen molar-refractivity contribution in [3.05, 3.63) is 62.9 Å². The van der Waals surface area contributed by atoms with Crippen molar-refractivity contribution in [2.75, 3.05) is 6.61 Å². The molecule has 198 valence electrons. The fourth-order valence-corrected chi connectivity index (χ4v) is 4.85. The van der Waals surface area contributed by atoms with Gasteiger partial charge in [0.1, 0.15) is 24.0 Å². The van der Waals surface area contributed by atoms with Gasteiger partial charge < -0.3 is 19.1 Å². The zero-order valence-corrected chi connectivity index (χ0v) is 21.0. The highest BCUT2D eigenvalue weighted by atomic mass is 31.2. The normalized spacial score (nSPS) is 24.3. The molecule has 1 aromatic carbocycles. The van der Waals surface area contributed by atoms with Crippen LogP contribution in [0.1, 0.15) is 32.6 Å². The number of aliphatic hydroxyl groups excluding tert-OH is 1. The number of hydrogen-bond donors (Lipinski definition) is 3. The van der Waals surface area contributed by atoms with E-state index in [1.807, 2.05) is 4.98 Å². The van der Waals surface area contributed by atoms with Gasteiger partial charge in [-0.15, -0.1) is 0 Å². The summed E-state index contributed by atoms with van der Waals surface area (Å²) in [6.45, 7) is 5.49. The van der Waals surface area contributed by atoms with Gasteiger partial charge in [0, 0.05) is 11.8 Å². The number of aromatic nitrogens is 2. The number of alkyl halides is 1. The van der Waals surface area contributed by atoms with Crippen LogP contribution in [0, 0.1) is 6.92 Å². The van der Waals surface area contributed by atoms with Crippen molar-refractivity contribution in [1.29, 1.82) is 0 Å². The summed E-state index contributed by atoms with van der Waals surface area (Å²) in [4.78, 5) is 38.0. The third kappa shape index (κ3) is 6.68. The zero-order valence-electron chi connectivity index (χ0n) is 20.1.